The summed E-state index contributed by atoms with van der Waals surface area (Å²) < 4.78 is 12.9. The van der Waals surface area contributed by atoms with E-state index in [0.29, 0.717) is 12.2 Å². The zero-order valence-electron chi connectivity index (χ0n) is 10.2. The first-order valence-corrected chi connectivity index (χ1v) is 6.85. The van der Waals surface area contributed by atoms with E-state index >= 15 is 0 Å². The molecule has 0 aliphatic heterocycles. The van der Waals surface area contributed by atoms with E-state index in [9.17, 15) is 9.18 Å². The predicted octanol–water partition coefficient (Wildman–Crippen LogP) is 4.17. The summed E-state index contributed by atoms with van der Waals surface area (Å²) >= 11 is 7.40. The molecule has 0 aliphatic carbocycles. The number of halogens is 2. The van der Waals surface area contributed by atoms with Crippen molar-refractivity contribution in [3.63, 3.8) is 0 Å². The highest BCUT2D eigenvalue weighted by molar-refractivity contribution is 7.10. The number of hydrogen-bond donors (Lipinski definition) is 2. The summed E-state index contributed by atoms with van der Waals surface area (Å²) in [5, 5.41) is 7.44. The predicted molar refractivity (Wildman–Crippen MR) is 76.3 cm³/mol. The third-order valence-electron chi connectivity index (χ3n) is 2.56. The number of nitrogens with one attached hydrogen (secondary N) is 2. The fraction of sp³-hybridized carbons (Fsp3) is 0.154. The number of hydrogen-bond acceptors (Lipinski definition) is 2. The SMILES string of the molecule is Cc1ccsc1CNC(=O)Nc1ccc(F)cc1Cl. The average Bonchev–Trinajstić information content (AvgIpc) is 2.76. The Bertz CT molecular complexity index is 600. The first-order valence-electron chi connectivity index (χ1n) is 5.59. The molecule has 1 aromatic heterocycles. The molecule has 100 valence electrons. The molecule has 2 N–H and O–H groups in total. The zero-order chi connectivity index (χ0) is 13.8. The minimum Gasteiger partial charge on any atom is -0.333 e. The van der Waals surface area contributed by atoms with Crippen molar-refractivity contribution in [2.75, 3.05) is 5.32 Å². The summed E-state index contributed by atoms with van der Waals surface area (Å²) in [7, 11) is 0. The van der Waals surface area contributed by atoms with Crippen LogP contribution in [-0.2, 0) is 6.54 Å². The lowest BCUT2D eigenvalue weighted by atomic mass is 10.3. The highest BCUT2D eigenvalue weighted by Gasteiger charge is 2.07. The molecule has 2 aromatic rings. The van der Waals surface area contributed by atoms with Gasteiger partial charge in [-0.3, -0.25) is 0 Å². The summed E-state index contributed by atoms with van der Waals surface area (Å²) in [5.41, 5.74) is 1.52. The van der Waals surface area contributed by atoms with Crippen molar-refractivity contribution >= 4 is 34.7 Å². The third-order valence-corrected chi connectivity index (χ3v) is 3.89. The number of rotatable bonds is 3. The van der Waals surface area contributed by atoms with Crippen molar-refractivity contribution in [3.8, 4) is 0 Å². The molecule has 1 heterocycles. The van der Waals surface area contributed by atoms with Gasteiger partial charge in [0.15, 0.2) is 0 Å². The Morgan fingerprint density at radius 2 is 2.21 bits per heavy atom. The zero-order valence-corrected chi connectivity index (χ0v) is 11.7. The van der Waals surface area contributed by atoms with Gasteiger partial charge in [0.05, 0.1) is 17.3 Å². The Morgan fingerprint density at radius 3 is 2.84 bits per heavy atom. The number of amides is 2. The second-order valence-corrected chi connectivity index (χ2v) is 5.37. The largest absolute Gasteiger partial charge is 0.333 e. The number of anilines is 1. The summed E-state index contributed by atoms with van der Waals surface area (Å²) in [4.78, 5) is 12.8. The van der Waals surface area contributed by atoms with Gasteiger partial charge in [-0.15, -0.1) is 11.3 Å². The van der Waals surface area contributed by atoms with E-state index in [-0.39, 0.29) is 11.1 Å². The fourth-order valence-corrected chi connectivity index (χ4v) is 2.56. The van der Waals surface area contributed by atoms with E-state index in [0.717, 1.165) is 16.5 Å². The molecule has 1 aromatic carbocycles. The molecular formula is C13H12ClFN2OS. The van der Waals surface area contributed by atoms with Crippen LogP contribution in [0.5, 0.6) is 0 Å². The smallest absolute Gasteiger partial charge is 0.319 e. The van der Waals surface area contributed by atoms with Crippen molar-refractivity contribution in [2.45, 2.75) is 13.5 Å². The molecular weight excluding hydrogens is 287 g/mol. The van der Waals surface area contributed by atoms with Gasteiger partial charge in [-0.1, -0.05) is 11.6 Å². The van der Waals surface area contributed by atoms with Crippen molar-refractivity contribution in [3.05, 3.63) is 50.9 Å². The van der Waals surface area contributed by atoms with E-state index in [4.69, 9.17) is 11.6 Å². The first kappa shape index (κ1) is 13.8. The topological polar surface area (TPSA) is 41.1 Å². The second kappa shape index (κ2) is 6.04. The lowest BCUT2D eigenvalue weighted by molar-refractivity contribution is 0.252. The van der Waals surface area contributed by atoms with Crippen LogP contribution in [0.3, 0.4) is 0 Å². The number of aryl methyl sites for hydroxylation is 1. The van der Waals surface area contributed by atoms with Crippen LogP contribution in [0.15, 0.2) is 29.6 Å². The van der Waals surface area contributed by atoms with E-state index in [1.165, 1.54) is 12.1 Å². The molecule has 2 rings (SSSR count). The molecule has 0 unspecified atom stereocenters. The van der Waals surface area contributed by atoms with Gasteiger partial charge in [0, 0.05) is 4.88 Å². The highest BCUT2D eigenvalue weighted by Crippen LogP contribution is 2.22. The van der Waals surface area contributed by atoms with Crippen LogP contribution < -0.4 is 10.6 Å². The van der Waals surface area contributed by atoms with Gasteiger partial charge in [0.2, 0.25) is 0 Å². The Balaban J connectivity index is 1.93. The summed E-state index contributed by atoms with van der Waals surface area (Å²) in [5.74, 6) is -0.440. The molecule has 0 aliphatic rings. The van der Waals surface area contributed by atoms with Gasteiger partial charge in [-0.25, -0.2) is 9.18 Å². The Morgan fingerprint density at radius 1 is 1.42 bits per heavy atom. The van der Waals surface area contributed by atoms with Crippen LogP contribution in [0.4, 0.5) is 14.9 Å². The van der Waals surface area contributed by atoms with Crippen LogP contribution in [0.2, 0.25) is 5.02 Å². The van der Waals surface area contributed by atoms with Gasteiger partial charge in [0.25, 0.3) is 0 Å². The maximum absolute atomic E-state index is 12.9. The summed E-state index contributed by atoms with van der Waals surface area (Å²) in [6, 6.07) is 5.44. The maximum Gasteiger partial charge on any atom is 0.319 e. The second-order valence-electron chi connectivity index (χ2n) is 3.96. The fourth-order valence-electron chi connectivity index (χ4n) is 1.50. The molecule has 6 heteroatoms. The Kier molecular flexibility index (Phi) is 4.39. The molecule has 19 heavy (non-hydrogen) atoms. The Labute approximate surface area is 119 Å². The van der Waals surface area contributed by atoms with E-state index in [1.54, 1.807) is 11.3 Å². The number of carbonyl (C=O) groups excluding carboxylic acids is 1. The van der Waals surface area contributed by atoms with Crippen LogP contribution in [0.25, 0.3) is 0 Å². The third kappa shape index (κ3) is 3.68. The van der Waals surface area contributed by atoms with Gasteiger partial charge in [-0.05, 0) is 42.1 Å². The van der Waals surface area contributed by atoms with Crippen molar-refractivity contribution in [1.29, 1.82) is 0 Å². The van der Waals surface area contributed by atoms with Crippen LogP contribution in [-0.4, -0.2) is 6.03 Å². The number of thiophene rings is 1. The molecule has 0 radical (unpaired) electrons. The van der Waals surface area contributed by atoms with Crippen molar-refractivity contribution in [2.24, 2.45) is 0 Å². The average molecular weight is 299 g/mol. The van der Waals surface area contributed by atoms with E-state index in [1.807, 2.05) is 18.4 Å². The standard InChI is InChI=1S/C13H12ClFN2OS/c1-8-4-5-19-12(8)7-16-13(18)17-11-3-2-9(15)6-10(11)14/h2-6H,7H2,1H3,(H2,16,17,18). The normalized spacial score (nSPS) is 10.3. The molecule has 0 saturated carbocycles. The van der Waals surface area contributed by atoms with Crippen molar-refractivity contribution in [1.82, 2.24) is 5.32 Å². The molecule has 0 spiro atoms. The van der Waals surface area contributed by atoms with E-state index < -0.39 is 5.82 Å². The van der Waals surface area contributed by atoms with Gasteiger partial charge < -0.3 is 10.6 Å². The minimum absolute atomic E-state index is 0.169. The molecule has 0 atom stereocenters. The summed E-state index contributed by atoms with van der Waals surface area (Å²) in [6.07, 6.45) is 0. The number of carbonyl (C=O) groups is 1. The Hall–Kier alpha value is -1.59. The minimum atomic E-state index is -0.440. The molecule has 0 saturated heterocycles. The monoisotopic (exact) mass is 298 g/mol. The highest BCUT2D eigenvalue weighted by atomic mass is 35.5. The van der Waals surface area contributed by atoms with Gasteiger partial charge >= 0.3 is 6.03 Å². The molecule has 0 fully saturated rings. The number of urea groups is 1. The lowest BCUT2D eigenvalue weighted by Crippen LogP contribution is -2.28. The van der Waals surface area contributed by atoms with Crippen LogP contribution >= 0.6 is 22.9 Å². The van der Waals surface area contributed by atoms with Crippen LogP contribution in [0, 0.1) is 12.7 Å². The molecule has 2 amide bonds. The lowest BCUT2D eigenvalue weighted by Gasteiger charge is -2.08. The van der Waals surface area contributed by atoms with Crippen molar-refractivity contribution < 1.29 is 9.18 Å². The van der Waals surface area contributed by atoms with Gasteiger partial charge in [-0.2, -0.15) is 0 Å². The summed E-state index contributed by atoms with van der Waals surface area (Å²) in [6.45, 7) is 2.44. The maximum atomic E-state index is 12.9. The quantitative estimate of drug-likeness (QED) is 0.877. The van der Waals surface area contributed by atoms with Gasteiger partial charge in [0.1, 0.15) is 5.82 Å². The van der Waals surface area contributed by atoms with E-state index in [2.05, 4.69) is 10.6 Å². The molecule has 0 bridgehead atoms. The number of benzene rings is 1. The first-order chi connectivity index (χ1) is 9.06. The molecule has 3 nitrogen and oxygen atoms in total. The van der Waals surface area contributed by atoms with Crippen LogP contribution in [0.1, 0.15) is 10.4 Å².